The van der Waals surface area contributed by atoms with Gasteiger partial charge in [0.2, 0.25) is 0 Å². The molecule has 0 spiro atoms. The summed E-state index contributed by atoms with van der Waals surface area (Å²) in [6.45, 7) is 6.45. The minimum absolute atomic E-state index is 0.728. The third-order valence-corrected chi connectivity index (χ3v) is 2.24. The van der Waals surface area contributed by atoms with Crippen molar-refractivity contribution < 1.29 is 9.47 Å². The number of hydrogen-bond donors (Lipinski definition) is 0. The molecule has 2 nitrogen and oxygen atoms in total. The molecule has 0 aliphatic rings. The molecule has 0 atom stereocenters. The summed E-state index contributed by atoms with van der Waals surface area (Å²) >= 11 is 0. The van der Waals surface area contributed by atoms with E-state index < -0.39 is 0 Å². The first-order valence-corrected chi connectivity index (χ1v) is 5.66. The summed E-state index contributed by atoms with van der Waals surface area (Å²) < 4.78 is 10.8. The van der Waals surface area contributed by atoms with Crippen LogP contribution < -0.4 is 4.74 Å². The molecular weight excluding hydrogens is 188 g/mol. The van der Waals surface area contributed by atoms with E-state index in [1.165, 1.54) is 5.56 Å². The summed E-state index contributed by atoms with van der Waals surface area (Å²) in [6.07, 6.45) is 2.02. The van der Waals surface area contributed by atoms with E-state index in [1.54, 1.807) is 0 Å². The van der Waals surface area contributed by atoms with Crippen molar-refractivity contribution >= 4 is 0 Å². The smallest absolute Gasteiger partial charge is 0.119 e. The molecule has 0 radical (unpaired) electrons. The summed E-state index contributed by atoms with van der Waals surface area (Å²) in [6, 6.07) is 8.27. The van der Waals surface area contributed by atoms with Crippen molar-refractivity contribution in [3.63, 3.8) is 0 Å². The molecule has 84 valence electrons. The lowest BCUT2D eigenvalue weighted by Crippen LogP contribution is -2.02. The zero-order chi connectivity index (χ0) is 10.9. The quantitative estimate of drug-likeness (QED) is 0.641. The Kier molecular flexibility index (Phi) is 5.86. The van der Waals surface area contributed by atoms with Crippen molar-refractivity contribution in [1.82, 2.24) is 0 Å². The predicted molar refractivity (Wildman–Crippen MR) is 62.4 cm³/mol. The van der Waals surface area contributed by atoms with Gasteiger partial charge in [-0.25, -0.2) is 0 Å². The molecule has 0 N–H and O–H groups in total. The Bertz CT molecular complexity index is 254. The number of benzene rings is 1. The molecule has 1 rings (SSSR count). The Morgan fingerprint density at radius 3 is 2.33 bits per heavy atom. The van der Waals surface area contributed by atoms with Gasteiger partial charge in [-0.3, -0.25) is 0 Å². The van der Waals surface area contributed by atoms with Gasteiger partial charge in [0.25, 0.3) is 0 Å². The first-order chi connectivity index (χ1) is 7.36. The molecule has 1 aromatic rings. The molecular formula is C13H20O2. The normalized spacial score (nSPS) is 10.3. The van der Waals surface area contributed by atoms with Crippen molar-refractivity contribution in [2.75, 3.05) is 19.8 Å². The second kappa shape index (κ2) is 7.30. The highest BCUT2D eigenvalue weighted by Gasteiger charge is 1.94. The second-order valence-electron chi connectivity index (χ2n) is 3.40. The fourth-order valence-electron chi connectivity index (χ4n) is 1.32. The maximum Gasteiger partial charge on any atom is 0.119 e. The van der Waals surface area contributed by atoms with Crippen LogP contribution >= 0.6 is 0 Å². The van der Waals surface area contributed by atoms with Gasteiger partial charge in [0.15, 0.2) is 0 Å². The van der Waals surface area contributed by atoms with Gasteiger partial charge in [-0.2, -0.15) is 0 Å². The van der Waals surface area contributed by atoms with Gasteiger partial charge in [-0.05, 0) is 31.0 Å². The highest BCUT2D eigenvalue weighted by Crippen LogP contribution is 2.12. The molecule has 0 saturated carbocycles. The van der Waals surface area contributed by atoms with E-state index in [-0.39, 0.29) is 0 Å². The highest BCUT2D eigenvalue weighted by atomic mass is 16.5. The molecule has 2 heteroatoms. The van der Waals surface area contributed by atoms with Crippen LogP contribution in [0.15, 0.2) is 24.3 Å². The molecule has 15 heavy (non-hydrogen) atoms. The lowest BCUT2D eigenvalue weighted by Gasteiger charge is -2.06. The third-order valence-electron chi connectivity index (χ3n) is 2.24. The molecule has 0 fully saturated rings. The van der Waals surface area contributed by atoms with Crippen molar-refractivity contribution in [2.24, 2.45) is 0 Å². The van der Waals surface area contributed by atoms with Gasteiger partial charge in [0, 0.05) is 19.6 Å². The standard InChI is InChI=1S/C13H20O2/c1-3-12-6-8-13(9-7-12)15-11-5-10-14-4-2/h6-9H,3-5,10-11H2,1-2H3. The topological polar surface area (TPSA) is 18.5 Å². The van der Waals surface area contributed by atoms with E-state index in [4.69, 9.17) is 9.47 Å². The Morgan fingerprint density at radius 2 is 1.73 bits per heavy atom. The van der Waals surface area contributed by atoms with E-state index in [1.807, 2.05) is 19.1 Å². The molecule has 1 aromatic carbocycles. The fraction of sp³-hybridized carbons (Fsp3) is 0.538. The van der Waals surface area contributed by atoms with Gasteiger partial charge in [-0.15, -0.1) is 0 Å². The molecule has 0 heterocycles. The van der Waals surface area contributed by atoms with Crippen LogP contribution in [0, 0.1) is 0 Å². The third kappa shape index (κ3) is 4.84. The Labute approximate surface area is 92.2 Å². The molecule has 0 aromatic heterocycles. The van der Waals surface area contributed by atoms with Crippen molar-refractivity contribution in [3.05, 3.63) is 29.8 Å². The zero-order valence-corrected chi connectivity index (χ0v) is 9.66. The molecule has 0 aliphatic carbocycles. The van der Waals surface area contributed by atoms with E-state index in [0.29, 0.717) is 0 Å². The molecule has 0 aliphatic heterocycles. The van der Waals surface area contributed by atoms with Crippen LogP contribution in [-0.4, -0.2) is 19.8 Å². The van der Waals surface area contributed by atoms with Crippen LogP contribution in [0.5, 0.6) is 5.75 Å². The average molecular weight is 208 g/mol. The lowest BCUT2D eigenvalue weighted by molar-refractivity contribution is 0.131. The summed E-state index contributed by atoms with van der Waals surface area (Å²) in [4.78, 5) is 0. The highest BCUT2D eigenvalue weighted by molar-refractivity contribution is 5.27. The Morgan fingerprint density at radius 1 is 1.00 bits per heavy atom. The predicted octanol–water partition coefficient (Wildman–Crippen LogP) is 3.05. The minimum Gasteiger partial charge on any atom is -0.494 e. The summed E-state index contributed by atoms with van der Waals surface area (Å²) in [7, 11) is 0. The van der Waals surface area contributed by atoms with Crippen LogP contribution in [0.2, 0.25) is 0 Å². The fourth-order valence-corrected chi connectivity index (χ4v) is 1.32. The monoisotopic (exact) mass is 208 g/mol. The minimum atomic E-state index is 0.728. The number of ether oxygens (including phenoxy) is 2. The van der Waals surface area contributed by atoms with E-state index in [0.717, 1.165) is 38.4 Å². The van der Waals surface area contributed by atoms with Gasteiger partial charge in [-0.1, -0.05) is 19.1 Å². The molecule has 0 bridgehead atoms. The summed E-state index contributed by atoms with van der Waals surface area (Å²) in [5.41, 5.74) is 1.34. The molecule has 0 amide bonds. The van der Waals surface area contributed by atoms with E-state index in [9.17, 15) is 0 Å². The lowest BCUT2D eigenvalue weighted by atomic mass is 10.2. The number of hydrogen-bond acceptors (Lipinski definition) is 2. The van der Waals surface area contributed by atoms with Gasteiger partial charge >= 0.3 is 0 Å². The van der Waals surface area contributed by atoms with Crippen LogP contribution in [0.3, 0.4) is 0 Å². The van der Waals surface area contributed by atoms with Crippen molar-refractivity contribution in [1.29, 1.82) is 0 Å². The average Bonchev–Trinajstić information content (AvgIpc) is 2.30. The van der Waals surface area contributed by atoms with Gasteiger partial charge < -0.3 is 9.47 Å². The summed E-state index contributed by atoms with van der Waals surface area (Å²) in [5.74, 6) is 0.948. The zero-order valence-electron chi connectivity index (χ0n) is 9.66. The largest absolute Gasteiger partial charge is 0.494 e. The molecule has 0 unspecified atom stereocenters. The maximum atomic E-state index is 5.57. The summed E-state index contributed by atoms with van der Waals surface area (Å²) in [5, 5.41) is 0. The SMILES string of the molecule is CCOCCCOc1ccc(CC)cc1. The van der Waals surface area contributed by atoms with Crippen LogP contribution in [0.1, 0.15) is 25.8 Å². The Hall–Kier alpha value is -1.02. The van der Waals surface area contributed by atoms with Crippen molar-refractivity contribution in [3.8, 4) is 5.75 Å². The Balaban J connectivity index is 2.20. The van der Waals surface area contributed by atoms with Gasteiger partial charge in [0.05, 0.1) is 6.61 Å². The van der Waals surface area contributed by atoms with Crippen LogP contribution in [0.25, 0.3) is 0 Å². The molecule has 0 saturated heterocycles. The van der Waals surface area contributed by atoms with E-state index >= 15 is 0 Å². The van der Waals surface area contributed by atoms with Gasteiger partial charge in [0.1, 0.15) is 5.75 Å². The maximum absolute atomic E-state index is 5.57. The first-order valence-electron chi connectivity index (χ1n) is 5.66. The van der Waals surface area contributed by atoms with Crippen LogP contribution in [-0.2, 0) is 11.2 Å². The number of aryl methyl sites for hydroxylation is 1. The number of rotatable bonds is 7. The van der Waals surface area contributed by atoms with Crippen LogP contribution in [0.4, 0.5) is 0 Å². The first kappa shape index (κ1) is 12.1. The van der Waals surface area contributed by atoms with E-state index in [2.05, 4.69) is 19.1 Å². The van der Waals surface area contributed by atoms with Crippen molar-refractivity contribution in [2.45, 2.75) is 26.7 Å². The second-order valence-corrected chi connectivity index (χ2v) is 3.40.